The van der Waals surface area contributed by atoms with Crippen LogP contribution in [0.25, 0.3) is 0 Å². The number of oxazole rings is 1. The molecule has 0 atom stereocenters. The summed E-state index contributed by atoms with van der Waals surface area (Å²) >= 11 is 3.37. The van der Waals surface area contributed by atoms with Gasteiger partial charge in [-0.2, -0.15) is 4.98 Å². The highest BCUT2D eigenvalue weighted by Crippen LogP contribution is 2.22. The van der Waals surface area contributed by atoms with Crippen LogP contribution in [0.4, 0.5) is 0 Å². The number of hydrogen-bond acceptors (Lipinski definition) is 4. The van der Waals surface area contributed by atoms with E-state index >= 15 is 0 Å². The minimum absolute atomic E-state index is 0.262. The van der Waals surface area contributed by atoms with Gasteiger partial charge in [-0.05, 0) is 24.3 Å². The number of aromatic nitrogens is 1. The summed E-state index contributed by atoms with van der Waals surface area (Å²) in [5.74, 6) is 0.698. The van der Waals surface area contributed by atoms with Crippen LogP contribution in [0.2, 0.25) is 0 Å². The highest BCUT2D eigenvalue weighted by molar-refractivity contribution is 9.10. The second-order valence-electron chi connectivity index (χ2n) is 4.20. The molecule has 18 heavy (non-hydrogen) atoms. The Labute approximate surface area is 114 Å². The van der Waals surface area contributed by atoms with Crippen LogP contribution in [0.3, 0.4) is 0 Å². The third-order valence-corrected chi connectivity index (χ3v) is 2.77. The third-order valence-electron chi connectivity index (χ3n) is 2.24. The number of nitrogens with zero attached hydrogens (tertiary/aromatic N) is 1. The molecule has 96 valence electrons. The maximum Gasteiger partial charge on any atom is 0.399 e. The van der Waals surface area contributed by atoms with E-state index in [1.165, 1.54) is 0 Å². The molecule has 0 spiro atoms. The van der Waals surface area contributed by atoms with Gasteiger partial charge in [0.1, 0.15) is 12.0 Å². The number of benzene rings is 1. The number of nitrogens with one attached hydrogen (secondary N) is 1. The van der Waals surface area contributed by atoms with Crippen LogP contribution in [0.1, 0.15) is 19.5 Å². The van der Waals surface area contributed by atoms with Gasteiger partial charge in [0, 0.05) is 17.1 Å². The molecular weight excluding hydrogens is 296 g/mol. The summed E-state index contributed by atoms with van der Waals surface area (Å²) in [6, 6.07) is 7.91. The molecule has 0 aliphatic carbocycles. The minimum Gasteiger partial charge on any atom is -0.417 e. The lowest BCUT2D eigenvalue weighted by Crippen LogP contribution is -2.21. The Morgan fingerprint density at radius 3 is 2.72 bits per heavy atom. The largest absolute Gasteiger partial charge is 0.417 e. The first-order valence-corrected chi connectivity index (χ1v) is 6.54. The average Bonchev–Trinajstić information content (AvgIpc) is 2.77. The van der Waals surface area contributed by atoms with E-state index in [4.69, 9.17) is 9.15 Å². The van der Waals surface area contributed by atoms with E-state index in [-0.39, 0.29) is 6.08 Å². The van der Waals surface area contributed by atoms with Crippen molar-refractivity contribution in [3.8, 4) is 11.8 Å². The summed E-state index contributed by atoms with van der Waals surface area (Å²) in [4.78, 5) is 4.24. The highest BCUT2D eigenvalue weighted by atomic mass is 79.9. The number of rotatable bonds is 5. The zero-order valence-corrected chi connectivity index (χ0v) is 11.9. The molecule has 0 saturated carbocycles. The molecule has 0 radical (unpaired) electrons. The van der Waals surface area contributed by atoms with E-state index < -0.39 is 0 Å². The van der Waals surface area contributed by atoms with Crippen molar-refractivity contribution in [1.29, 1.82) is 0 Å². The molecule has 0 aliphatic heterocycles. The van der Waals surface area contributed by atoms with Crippen LogP contribution in [0.15, 0.2) is 39.4 Å². The number of ether oxygens (including phenoxy) is 1. The summed E-state index contributed by atoms with van der Waals surface area (Å²) in [5, 5.41) is 3.26. The molecule has 1 aromatic carbocycles. The van der Waals surface area contributed by atoms with Crippen molar-refractivity contribution in [2.45, 2.75) is 26.4 Å². The van der Waals surface area contributed by atoms with Crippen molar-refractivity contribution in [1.82, 2.24) is 10.3 Å². The predicted octanol–water partition coefficient (Wildman–Crippen LogP) is 3.73. The Morgan fingerprint density at radius 1 is 1.33 bits per heavy atom. The van der Waals surface area contributed by atoms with Gasteiger partial charge in [-0.3, -0.25) is 0 Å². The number of hydrogen-bond donors (Lipinski definition) is 1. The molecule has 0 aliphatic rings. The summed E-state index contributed by atoms with van der Waals surface area (Å²) < 4.78 is 11.7. The van der Waals surface area contributed by atoms with Crippen molar-refractivity contribution in [2.24, 2.45) is 0 Å². The van der Waals surface area contributed by atoms with Gasteiger partial charge in [-0.1, -0.05) is 29.8 Å². The van der Waals surface area contributed by atoms with Crippen molar-refractivity contribution in [3.63, 3.8) is 0 Å². The van der Waals surface area contributed by atoms with E-state index in [1.807, 2.05) is 24.3 Å². The van der Waals surface area contributed by atoms with Crippen molar-refractivity contribution in [2.75, 3.05) is 0 Å². The van der Waals surface area contributed by atoms with E-state index in [9.17, 15) is 0 Å². The topological polar surface area (TPSA) is 47.3 Å². The second-order valence-corrected chi connectivity index (χ2v) is 5.11. The SMILES string of the molecule is CC(C)NCc1coc(Oc2ccc(Br)cc2)n1. The Kier molecular flexibility index (Phi) is 4.38. The van der Waals surface area contributed by atoms with Crippen LogP contribution in [-0.4, -0.2) is 11.0 Å². The molecule has 0 fully saturated rings. The Balaban J connectivity index is 1.95. The second kappa shape index (κ2) is 6.02. The van der Waals surface area contributed by atoms with Gasteiger partial charge < -0.3 is 14.5 Å². The molecule has 1 N–H and O–H groups in total. The first kappa shape index (κ1) is 13.1. The lowest BCUT2D eigenvalue weighted by molar-refractivity contribution is 0.330. The predicted molar refractivity (Wildman–Crippen MR) is 72.7 cm³/mol. The van der Waals surface area contributed by atoms with Gasteiger partial charge in [0.25, 0.3) is 0 Å². The molecule has 1 heterocycles. The summed E-state index contributed by atoms with van der Waals surface area (Å²) in [5.41, 5.74) is 0.829. The van der Waals surface area contributed by atoms with E-state index in [1.54, 1.807) is 6.26 Å². The summed E-state index contributed by atoms with van der Waals surface area (Å²) in [7, 11) is 0. The normalized spacial score (nSPS) is 10.9. The molecule has 5 heteroatoms. The van der Waals surface area contributed by atoms with Gasteiger partial charge in [0.05, 0.1) is 5.69 Å². The fourth-order valence-corrected chi connectivity index (χ4v) is 1.59. The van der Waals surface area contributed by atoms with Crippen molar-refractivity contribution in [3.05, 3.63) is 40.7 Å². The lowest BCUT2D eigenvalue weighted by atomic mass is 10.3. The average molecular weight is 311 g/mol. The zero-order valence-electron chi connectivity index (χ0n) is 10.3. The molecule has 0 unspecified atom stereocenters. The van der Waals surface area contributed by atoms with Gasteiger partial charge >= 0.3 is 6.08 Å². The minimum atomic E-state index is 0.262. The van der Waals surface area contributed by atoms with Gasteiger partial charge in [0.15, 0.2) is 0 Å². The molecule has 0 saturated heterocycles. The third kappa shape index (κ3) is 3.85. The maximum atomic E-state index is 5.49. The Hall–Kier alpha value is -1.33. The molecule has 4 nitrogen and oxygen atoms in total. The van der Waals surface area contributed by atoms with Crippen LogP contribution in [0.5, 0.6) is 11.8 Å². The maximum absolute atomic E-state index is 5.49. The quantitative estimate of drug-likeness (QED) is 0.914. The van der Waals surface area contributed by atoms with Crippen molar-refractivity contribution < 1.29 is 9.15 Å². The fourth-order valence-electron chi connectivity index (χ4n) is 1.33. The van der Waals surface area contributed by atoms with Gasteiger partial charge in [-0.15, -0.1) is 0 Å². The summed E-state index contributed by atoms with van der Waals surface area (Å²) in [6.45, 7) is 4.84. The standard InChI is InChI=1S/C13H15BrN2O2/c1-9(2)15-7-11-8-17-13(16-11)18-12-5-3-10(14)4-6-12/h3-6,8-9,15H,7H2,1-2H3. The number of halogens is 1. The molecule has 1 aromatic heterocycles. The monoisotopic (exact) mass is 310 g/mol. The first-order chi connectivity index (χ1) is 8.63. The zero-order chi connectivity index (χ0) is 13.0. The van der Waals surface area contributed by atoms with Crippen LogP contribution < -0.4 is 10.1 Å². The van der Waals surface area contributed by atoms with Gasteiger partial charge in [0.2, 0.25) is 0 Å². The van der Waals surface area contributed by atoms with Crippen LogP contribution in [-0.2, 0) is 6.54 Å². The van der Waals surface area contributed by atoms with Crippen LogP contribution >= 0.6 is 15.9 Å². The highest BCUT2D eigenvalue weighted by Gasteiger charge is 2.06. The molecule has 0 amide bonds. The lowest BCUT2D eigenvalue weighted by Gasteiger charge is -2.04. The molecule has 2 aromatic rings. The van der Waals surface area contributed by atoms with E-state index in [0.717, 1.165) is 10.2 Å². The first-order valence-electron chi connectivity index (χ1n) is 5.74. The van der Waals surface area contributed by atoms with E-state index in [0.29, 0.717) is 18.3 Å². The van der Waals surface area contributed by atoms with Crippen LogP contribution in [0, 0.1) is 0 Å². The molecule has 2 rings (SSSR count). The Bertz CT molecular complexity index is 494. The molecular formula is C13H15BrN2O2. The van der Waals surface area contributed by atoms with Crippen molar-refractivity contribution >= 4 is 15.9 Å². The van der Waals surface area contributed by atoms with E-state index in [2.05, 4.69) is 40.1 Å². The van der Waals surface area contributed by atoms with Gasteiger partial charge in [-0.25, -0.2) is 0 Å². The fraction of sp³-hybridized carbons (Fsp3) is 0.308. The summed E-state index contributed by atoms with van der Waals surface area (Å²) in [6.07, 6.45) is 1.86. The smallest absolute Gasteiger partial charge is 0.399 e. The molecule has 0 bridgehead atoms. The Morgan fingerprint density at radius 2 is 2.06 bits per heavy atom.